The summed E-state index contributed by atoms with van der Waals surface area (Å²) in [6, 6.07) is -2.73. The number of methoxy groups -OCH3 is 2. The van der Waals surface area contributed by atoms with Gasteiger partial charge in [-0.2, -0.15) is 13.8 Å². The van der Waals surface area contributed by atoms with Crippen LogP contribution in [0.1, 0.15) is 16.7 Å². The summed E-state index contributed by atoms with van der Waals surface area (Å²) in [5.41, 5.74) is -0.896. The highest BCUT2D eigenvalue weighted by atomic mass is 32.2. The van der Waals surface area contributed by atoms with Crippen LogP contribution in [0.3, 0.4) is 0 Å². The maximum atomic E-state index is 13.0. The maximum absolute atomic E-state index is 13.0. The lowest BCUT2D eigenvalue weighted by Crippen LogP contribution is -2.10. The molecule has 0 bridgehead atoms. The second kappa shape index (κ2) is 7.75. The SMILES string of the molecule is [2H]c1nc(C[S+]([O-])c2nc3c([2H])c([2H])c(OC(F)F)c([2H])c3[nH]2)c(OC([2H])([2H])[2H])c(OC)c1[2H]. The summed E-state index contributed by atoms with van der Waals surface area (Å²) in [7, 11) is -1.88. The standard InChI is InChI=1S/C16H15F2N3O4S/c1-23-13-5-6-19-12(14(13)24-2)8-26(22)16-20-10-4-3-9(25-15(17)18)7-11(10)21-16/h3-7,15H,8H2,1-2H3,(H,20,21)/i2D3,3D,4D,5D,6D,7D. The molecule has 3 aromatic rings. The zero-order valence-electron chi connectivity index (χ0n) is 21.0. The fourth-order valence-corrected chi connectivity index (χ4v) is 2.96. The largest absolute Gasteiger partial charge is 0.609 e. The third kappa shape index (κ3) is 3.81. The van der Waals surface area contributed by atoms with Crippen LogP contribution in [0.2, 0.25) is 0 Å². The summed E-state index contributed by atoms with van der Waals surface area (Å²) in [6.07, 6.45) is -0.610. The number of aromatic amines is 1. The van der Waals surface area contributed by atoms with Crippen molar-refractivity contribution in [3.05, 3.63) is 36.0 Å². The Labute approximate surface area is 161 Å². The molecule has 0 saturated carbocycles. The number of H-pyrrole nitrogens is 1. The number of imidazole rings is 1. The first kappa shape index (κ1) is 10.5. The summed E-state index contributed by atoms with van der Waals surface area (Å²) in [6.45, 7) is -3.35. The van der Waals surface area contributed by atoms with Crippen molar-refractivity contribution in [1.29, 1.82) is 0 Å². The monoisotopic (exact) mass is 391 g/mol. The van der Waals surface area contributed by atoms with Gasteiger partial charge in [-0.3, -0.25) is 9.97 Å². The average molecular weight is 391 g/mol. The van der Waals surface area contributed by atoms with Crippen LogP contribution in [0.5, 0.6) is 17.2 Å². The van der Waals surface area contributed by atoms with E-state index >= 15 is 0 Å². The second-order valence-corrected chi connectivity index (χ2v) is 5.96. The van der Waals surface area contributed by atoms with Crippen molar-refractivity contribution in [1.82, 2.24) is 15.0 Å². The van der Waals surface area contributed by atoms with Crippen molar-refractivity contribution in [2.75, 3.05) is 14.1 Å². The molecule has 0 aliphatic carbocycles. The molecule has 26 heavy (non-hydrogen) atoms. The van der Waals surface area contributed by atoms with Gasteiger partial charge >= 0.3 is 11.8 Å². The van der Waals surface area contributed by atoms with Crippen molar-refractivity contribution in [3.8, 4) is 17.2 Å². The van der Waals surface area contributed by atoms with E-state index in [1.807, 2.05) is 0 Å². The Balaban J connectivity index is 2.07. The van der Waals surface area contributed by atoms with E-state index in [1.165, 1.54) is 0 Å². The third-order valence-corrected chi connectivity index (χ3v) is 4.20. The number of ether oxygens (including phenoxy) is 3. The number of pyridine rings is 1. The first-order valence-corrected chi connectivity index (χ1v) is 8.12. The van der Waals surface area contributed by atoms with Gasteiger partial charge in [-0.25, -0.2) is 0 Å². The number of hydrogen-bond donors (Lipinski definition) is 1. The Kier molecular flexibility index (Phi) is 3.14. The maximum Gasteiger partial charge on any atom is 0.387 e. The van der Waals surface area contributed by atoms with E-state index in [0.29, 0.717) is 0 Å². The highest BCUT2D eigenvalue weighted by molar-refractivity contribution is 7.90. The van der Waals surface area contributed by atoms with Crippen LogP contribution >= 0.6 is 0 Å². The number of hydrogen-bond acceptors (Lipinski definition) is 6. The predicted molar refractivity (Wildman–Crippen MR) is 90.2 cm³/mol. The van der Waals surface area contributed by atoms with Gasteiger partial charge in [-0.05, 0) is 12.1 Å². The molecule has 3 rings (SSSR count). The summed E-state index contributed by atoms with van der Waals surface area (Å²) >= 11 is -2.18. The third-order valence-electron chi connectivity index (χ3n) is 3.04. The topological polar surface area (TPSA) is 92.3 Å². The number of rotatable bonds is 7. The van der Waals surface area contributed by atoms with Gasteiger partial charge in [0.15, 0.2) is 17.3 Å². The molecule has 0 fully saturated rings. The van der Waals surface area contributed by atoms with Crippen LogP contribution in [-0.4, -0.2) is 40.3 Å². The first-order chi connectivity index (χ1) is 15.7. The van der Waals surface area contributed by atoms with Crippen molar-refractivity contribution in [3.63, 3.8) is 0 Å². The van der Waals surface area contributed by atoms with Crippen LogP contribution in [0.15, 0.2) is 35.5 Å². The average Bonchev–Trinajstić information content (AvgIpc) is 3.18. The highest BCUT2D eigenvalue weighted by Crippen LogP contribution is 2.31. The normalized spacial score (nSPS) is 17.3. The lowest BCUT2D eigenvalue weighted by molar-refractivity contribution is -0.0497. The van der Waals surface area contributed by atoms with Gasteiger partial charge in [0.2, 0.25) is 0 Å². The van der Waals surface area contributed by atoms with Crippen molar-refractivity contribution in [2.45, 2.75) is 17.5 Å². The molecule has 138 valence electrons. The lowest BCUT2D eigenvalue weighted by atomic mass is 10.3. The van der Waals surface area contributed by atoms with Crippen LogP contribution in [0, 0.1) is 0 Å². The van der Waals surface area contributed by atoms with E-state index in [4.69, 9.17) is 20.4 Å². The molecule has 1 N–H and O–H groups in total. The van der Waals surface area contributed by atoms with Gasteiger partial charge in [0.05, 0.1) is 36.1 Å². The number of fused-ring (bicyclic) bond motifs is 1. The van der Waals surface area contributed by atoms with Crippen LogP contribution in [0.4, 0.5) is 8.78 Å². The van der Waals surface area contributed by atoms with Crippen LogP contribution < -0.4 is 14.2 Å². The second-order valence-electron chi connectivity index (χ2n) is 4.60. The zero-order chi connectivity index (χ0) is 25.5. The number of nitrogens with zero attached hydrogens (tertiary/aromatic N) is 2. The molecule has 7 nitrogen and oxygen atoms in total. The molecule has 0 amide bonds. The van der Waals surface area contributed by atoms with Crippen LogP contribution in [0.25, 0.3) is 11.0 Å². The fourth-order valence-electron chi connectivity index (χ4n) is 1.97. The molecular weight excluding hydrogens is 368 g/mol. The molecule has 1 unspecified atom stereocenters. The van der Waals surface area contributed by atoms with E-state index in [1.54, 1.807) is 0 Å². The Hall–Kier alpha value is -2.59. The minimum Gasteiger partial charge on any atom is -0.609 e. The van der Waals surface area contributed by atoms with Crippen molar-refractivity contribution < 1.29 is 38.5 Å². The molecule has 0 aliphatic heterocycles. The van der Waals surface area contributed by atoms with Crippen LogP contribution in [-0.2, 0) is 16.9 Å². The summed E-state index contributed by atoms with van der Waals surface area (Å²) < 4.78 is 114. The van der Waals surface area contributed by atoms with Gasteiger partial charge in [0.1, 0.15) is 11.4 Å². The molecule has 0 spiro atoms. The van der Waals surface area contributed by atoms with E-state index in [-0.39, 0.29) is 21.9 Å². The van der Waals surface area contributed by atoms with E-state index in [2.05, 4.69) is 19.7 Å². The number of aromatic nitrogens is 3. The quantitative estimate of drug-likeness (QED) is 0.623. The van der Waals surface area contributed by atoms with Gasteiger partial charge in [-0.1, -0.05) is 0 Å². The molecule has 10 heteroatoms. The van der Waals surface area contributed by atoms with E-state index < -0.39 is 78.2 Å². The number of halogens is 2. The molecule has 0 radical (unpaired) electrons. The van der Waals surface area contributed by atoms with Gasteiger partial charge in [-0.15, -0.1) is 0 Å². The minimum atomic E-state index is -3.35. The number of nitrogens with one attached hydrogen (secondary N) is 1. The zero-order valence-corrected chi connectivity index (χ0v) is 13.8. The van der Waals surface area contributed by atoms with E-state index in [0.717, 1.165) is 7.11 Å². The Morgan fingerprint density at radius 3 is 2.96 bits per heavy atom. The molecule has 1 atom stereocenters. The summed E-state index contributed by atoms with van der Waals surface area (Å²) in [5, 5.41) is -0.354. The van der Waals surface area contributed by atoms with Crippen molar-refractivity contribution in [2.24, 2.45) is 0 Å². The smallest absolute Gasteiger partial charge is 0.387 e. The predicted octanol–water partition coefficient (Wildman–Crippen LogP) is 2.88. The van der Waals surface area contributed by atoms with Gasteiger partial charge in [0, 0.05) is 29.4 Å². The van der Waals surface area contributed by atoms with Gasteiger partial charge < -0.3 is 18.8 Å². The fraction of sp³-hybridized carbons (Fsp3) is 0.250. The first-order valence-electron chi connectivity index (χ1n) is 10.8. The molecule has 2 heterocycles. The van der Waals surface area contributed by atoms with Crippen molar-refractivity contribution >= 4 is 22.2 Å². The number of benzene rings is 1. The molecule has 2 aromatic heterocycles. The Morgan fingerprint density at radius 2 is 2.23 bits per heavy atom. The minimum absolute atomic E-state index is 0.285. The molecular formula is C16H15F2N3O4S. The molecule has 0 saturated heterocycles. The summed E-state index contributed by atoms with van der Waals surface area (Å²) in [4.78, 5) is 10.1. The van der Waals surface area contributed by atoms with Gasteiger partial charge in [0.25, 0.3) is 0 Å². The lowest BCUT2D eigenvalue weighted by Gasteiger charge is -2.12. The Morgan fingerprint density at radius 1 is 1.38 bits per heavy atom. The summed E-state index contributed by atoms with van der Waals surface area (Å²) in [5.74, 6) is -2.40. The highest BCUT2D eigenvalue weighted by Gasteiger charge is 2.22. The molecule has 1 aromatic carbocycles. The molecule has 0 aliphatic rings. The number of alkyl halides is 2. The van der Waals surface area contributed by atoms with E-state index in [9.17, 15) is 13.3 Å². The Bertz CT molecular complexity index is 1240.